The van der Waals surface area contributed by atoms with Gasteiger partial charge in [-0.3, -0.25) is 4.79 Å². The van der Waals surface area contributed by atoms with Crippen LogP contribution in [0.4, 0.5) is 0 Å². The molecule has 3 heteroatoms. The average Bonchev–Trinajstić information content (AvgIpc) is 3.04. The van der Waals surface area contributed by atoms with Gasteiger partial charge in [0.1, 0.15) is 0 Å². The van der Waals surface area contributed by atoms with E-state index in [9.17, 15) is 4.79 Å². The zero-order valence-corrected chi connectivity index (χ0v) is 14.8. The molecule has 0 spiro atoms. The van der Waals surface area contributed by atoms with E-state index in [0.717, 1.165) is 31.2 Å². The number of rotatable bonds is 8. The molecule has 0 saturated heterocycles. The van der Waals surface area contributed by atoms with Gasteiger partial charge in [0.2, 0.25) is 5.91 Å². The molecule has 0 aliphatic heterocycles. The molecule has 130 valence electrons. The van der Waals surface area contributed by atoms with Gasteiger partial charge in [-0.05, 0) is 49.8 Å². The highest BCUT2D eigenvalue weighted by molar-refractivity contribution is 5.83. The van der Waals surface area contributed by atoms with Crippen LogP contribution in [0.15, 0.2) is 60.8 Å². The monoisotopic (exact) mass is 334 g/mol. The Morgan fingerprint density at radius 3 is 2.64 bits per heavy atom. The molecule has 3 rings (SSSR count). The fourth-order valence-electron chi connectivity index (χ4n) is 3.22. The number of H-pyrrole nitrogens is 1. The van der Waals surface area contributed by atoms with E-state index in [2.05, 4.69) is 65.9 Å². The third-order valence-electron chi connectivity index (χ3n) is 4.64. The zero-order valence-electron chi connectivity index (χ0n) is 14.8. The smallest absolute Gasteiger partial charge is 0.220 e. The lowest BCUT2D eigenvalue weighted by molar-refractivity contribution is -0.121. The number of benzene rings is 2. The highest BCUT2D eigenvalue weighted by Gasteiger charge is 2.09. The van der Waals surface area contributed by atoms with E-state index in [1.165, 1.54) is 16.5 Å². The second-order valence-corrected chi connectivity index (χ2v) is 6.71. The Labute approximate surface area is 149 Å². The van der Waals surface area contributed by atoms with E-state index in [1.807, 2.05) is 12.1 Å². The number of fused-ring (bicyclic) bond motifs is 1. The molecule has 0 fully saturated rings. The normalized spacial score (nSPS) is 12.2. The topological polar surface area (TPSA) is 44.9 Å². The van der Waals surface area contributed by atoms with Gasteiger partial charge < -0.3 is 10.3 Å². The highest BCUT2D eigenvalue weighted by atomic mass is 16.1. The predicted octanol–water partition coefficient (Wildman–Crippen LogP) is 4.63. The first-order valence-electron chi connectivity index (χ1n) is 9.10. The van der Waals surface area contributed by atoms with Crippen molar-refractivity contribution in [2.75, 3.05) is 0 Å². The molecule has 0 radical (unpaired) electrons. The minimum atomic E-state index is 0.153. The quantitative estimate of drug-likeness (QED) is 0.620. The van der Waals surface area contributed by atoms with Gasteiger partial charge in [0.05, 0.1) is 0 Å². The molecule has 25 heavy (non-hydrogen) atoms. The number of nitrogens with one attached hydrogen (secondary N) is 2. The fraction of sp³-hybridized carbons (Fsp3) is 0.318. The fourth-order valence-corrected chi connectivity index (χ4v) is 3.22. The molecule has 0 saturated carbocycles. The van der Waals surface area contributed by atoms with Gasteiger partial charge in [-0.25, -0.2) is 0 Å². The summed E-state index contributed by atoms with van der Waals surface area (Å²) in [6, 6.07) is 18.9. The van der Waals surface area contributed by atoms with Gasteiger partial charge in [-0.2, -0.15) is 0 Å². The second-order valence-electron chi connectivity index (χ2n) is 6.71. The van der Waals surface area contributed by atoms with Crippen LogP contribution in [-0.2, 0) is 17.6 Å². The number of aromatic nitrogens is 1. The van der Waals surface area contributed by atoms with Crippen LogP contribution in [0, 0.1) is 0 Å². The largest absolute Gasteiger partial charge is 0.361 e. The molecule has 0 aliphatic carbocycles. The number of carbonyl (C=O) groups is 1. The Balaban J connectivity index is 1.39. The minimum Gasteiger partial charge on any atom is -0.361 e. The Bertz CT molecular complexity index is 807. The number of aromatic amines is 1. The van der Waals surface area contributed by atoms with Crippen LogP contribution < -0.4 is 5.32 Å². The van der Waals surface area contributed by atoms with Crippen molar-refractivity contribution in [3.05, 3.63) is 71.9 Å². The van der Waals surface area contributed by atoms with Crippen molar-refractivity contribution in [1.29, 1.82) is 0 Å². The van der Waals surface area contributed by atoms with Crippen molar-refractivity contribution in [3.63, 3.8) is 0 Å². The van der Waals surface area contributed by atoms with Crippen molar-refractivity contribution < 1.29 is 4.79 Å². The molecular weight excluding hydrogens is 308 g/mol. The first-order valence-corrected chi connectivity index (χ1v) is 9.10. The summed E-state index contributed by atoms with van der Waals surface area (Å²) in [6.07, 6.45) is 6.41. The van der Waals surface area contributed by atoms with Crippen LogP contribution in [0.1, 0.15) is 37.3 Å². The molecule has 1 aromatic heterocycles. The van der Waals surface area contributed by atoms with Crippen LogP contribution >= 0.6 is 0 Å². The molecule has 1 heterocycles. The third-order valence-corrected chi connectivity index (χ3v) is 4.64. The van der Waals surface area contributed by atoms with Gasteiger partial charge in [0.15, 0.2) is 0 Å². The number of para-hydroxylation sites is 1. The first-order chi connectivity index (χ1) is 12.2. The van der Waals surface area contributed by atoms with E-state index in [4.69, 9.17) is 0 Å². The maximum absolute atomic E-state index is 12.1. The Morgan fingerprint density at radius 1 is 1.04 bits per heavy atom. The maximum Gasteiger partial charge on any atom is 0.220 e. The molecule has 1 amide bonds. The molecule has 2 aromatic carbocycles. The third kappa shape index (κ3) is 4.96. The number of aryl methyl sites for hydroxylation is 2. The van der Waals surface area contributed by atoms with Gasteiger partial charge in [-0.1, -0.05) is 48.5 Å². The molecule has 0 unspecified atom stereocenters. The summed E-state index contributed by atoms with van der Waals surface area (Å²) >= 11 is 0. The SMILES string of the molecule is C[C@@H](CCc1ccccc1)NC(=O)CCCc1c[nH]c2ccccc12. The Morgan fingerprint density at radius 2 is 1.80 bits per heavy atom. The number of carbonyl (C=O) groups excluding carboxylic acids is 1. The number of hydrogen-bond acceptors (Lipinski definition) is 1. The highest BCUT2D eigenvalue weighted by Crippen LogP contribution is 2.19. The Kier molecular flexibility index (Phi) is 5.89. The van der Waals surface area contributed by atoms with E-state index >= 15 is 0 Å². The van der Waals surface area contributed by atoms with E-state index < -0.39 is 0 Å². The predicted molar refractivity (Wildman–Crippen MR) is 104 cm³/mol. The van der Waals surface area contributed by atoms with Crippen molar-refractivity contribution in [1.82, 2.24) is 10.3 Å². The van der Waals surface area contributed by atoms with E-state index in [-0.39, 0.29) is 11.9 Å². The van der Waals surface area contributed by atoms with Crippen molar-refractivity contribution in [3.8, 4) is 0 Å². The number of hydrogen-bond donors (Lipinski definition) is 2. The lowest BCUT2D eigenvalue weighted by Gasteiger charge is -2.14. The van der Waals surface area contributed by atoms with Crippen LogP contribution in [0.25, 0.3) is 10.9 Å². The summed E-state index contributed by atoms with van der Waals surface area (Å²) in [5.41, 5.74) is 3.78. The summed E-state index contributed by atoms with van der Waals surface area (Å²) in [4.78, 5) is 15.4. The van der Waals surface area contributed by atoms with E-state index in [1.54, 1.807) is 0 Å². The van der Waals surface area contributed by atoms with Crippen molar-refractivity contribution in [2.45, 2.75) is 45.1 Å². The first kappa shape index (κ1) is 17.3. The van der Waals surface area contributed by atoms with Crippen LogP contribution in [-0.4, -0.2) is 16.9 Å². The Hall–Kier alpha value is -2.55. The van der Waals surface area contributed by atoms with Gasteiger partial charge >= 0.3 is 0 Å². The molecule has 1 atom stereocenters. The van der Waals surface area contributed by atoms with Crippen LogP contribution in [0.2, 0.25) is 0 Å². The van der Waals surface area contributed by atoms with E-state index in [0.29, 0.717) is 6.42 Å². The standard InChI is InChI=1S/C22H26N2O/c1-17(14-15-18-8-3-2-4-9-18)24-22(25)13-7-10-19-16-23-21-12-6-5-11-20(19)21/h2-6,8-9,11-12,16-17,23H,7,10,13-15H2,1H3,(H,24,25)/t17-/m0/s1. The maximum atomic E-state index is 12.1. The average molecular weight is 334 g/mol. The minimum absolute atomic E-state index is 0.153. The molecule has 0 aliphatic rings. The molecule has 0 bridgehead atoms. The van der Waals surface area contributed by atoms with Gasteiger partial charge in [-0.15, -0.1) is 0 Å². The van der Waals surface area contributed by atoms with Crippen molar-refractivity contribution in [2.24, 2.45) is 0 Å². The zero-order chi connectivity index (χ0) is 17.5. The van der Waals surface area contributed by atoms with Gasteiger partial charge in [0.25, 0.3) is 0 Å². The lowest BCUT2D eigenvalue weighted by Crippen LogP contribution is -2.32. The van der Waals surface area contributed by atoms with Gasteiger partial charge in [0, 0.05) is 29.6 Å². The summed E-state index contributed by atoms with van der Waals surface area (Å²) in [5.74, 6) is 0.153. The summed E-state index contributed by atoms with van der Waals surface area (Å²) < 4.78 is 0. The second kappa shape index (κ2) is 8.52. The van der Waals surface area contributed by atoms with Crippen LogP contribution in [0.5, 0.6) is 0 Å². The molecule has 3 nitrogen and oxygen atoms in total. The summed E-state index contributed by atoms with van der Waals surface area (Å²) in [6.45, 7) is 2.08. The lowest BCUT2D eigenvalue weighted by atomic mass is 10.1. The van der Waals surface area contributed by atoms with Crippen LogP contribution in [0.3, 0.4) is 0 Å². The molecular formula is C22H26N2O. The summed E-state index contributed by atoms with van der Waals surface area (Å²) in [7, 11) is 0. The molecule has 2 N–H and O–H groups in total. The van der Waals surface area contributed by atoms with Crippen molar-refractivity contribution >= 4 is 16.8 Å². The number of amides is 1. The molecule has 3 aromatic rings. The summed E-state index contributed by atoms with van der Waals surface area (Å²) in [5, 5.41) is 4.38.